The summed E-state index contributed by atoms with van der Waals surface area (Å²) in [6.07, 6.45) is 2.67. The van der Waals surface area contributed by atoms with Crippen molar-refractivity contribution in [1.29, 1.82) is 0 Å². The van der Waals surface area contributed by atoms with E-state index in [2.05, 4.69) is 16.0 Å². The summed E-state index contributed by atoms with van der Waals surface area (Å²) in [6.45, 7) is 12.0. The zero-order valence-corrected chi connectivity index (χ0v) is 17.4. The molecule has 3 amide bonds. The fourth-order valence-electron chi connectivity index (χ4n) is 2.87. The normalized spacial score (nSPS) is 16.0. The van der Waals surface area contributed by atoms with E-state index in [-0.39, 0.29) is 23.4 Å². The quantitative estimate of drug-likeness (QED) is 0.824. The third-order valence-corrected chi connectivity index (χ3v) is 5.44. The number of piperidine rings is 1. The molecule has 1 aromatic heterocycles. The molecular formula is C19H32N4O2S. The Morgan fingerprint density at radius 2 is 1.96 bits per heavy atom. The molecule has 0 saturated carbocycles. The molecule has 0 spiro atoms. The van der Waals surface area contributed by atoms with Gasteiger partial charge in [-0.2, -0.15) is 0 Å². The zero-order valence-electron chi connectivity index (χ0n) is 16.6. The number of urea groups is 1. The molecule has 6 nitrogen and oxygen atoms in total. The van der Waals surface area contributed by atoms with Gasteiger partial charge < -0.3 is 15.5 Å². The van der Waals surface area contributed by atoms with E-state index in [0.717, 1.165) is 43.1 Å². The van der Waals surface area contributed by atoms with Crippen molar-refractivity contribution < 1.29 is 9.59 Å². The second-order valence-corrected chi connectivity index (χ2v) is 9.20. The second-order valence-electron chi connectivity index (χ2n) is 8.31. The lowest BCUT2D eigenvalue weighted by Crippen LogP contribution is -2.50. The lowest BCUT2D eigenvalue weighted by atomic mass is 9.97. The Labute approximate surface area is 160 Å². The Hall–Kier alpha value is -1.63. The maximum atomic E-state index is 12.2. The first kappa shape index (κ1) is 20.7. The van der Waals surface area contributed by atoms with Crippen LogP contribution in [-0.2, 0) is 11.2 Å². The van der Waals surface area contributed by atoms with E-state index in [1.165, 1.54) is 0 Å². The first-order valence-electron chi connectivity index (χ1n) is 9.45. The number of hydrogen-bond donors (Lipinski definition) is 2. The SMILES string of the molecule is CC(C)C(=O)NCCc1csc(C2CCN(C(=O)NC(C)(C)C)CC2)n1. The molecule has 1 aromatic rings. The molecule has 0 unspecified atom stereocenters. The number of carbonyl (C=O) groups is 2. The zero-order chi connectivity index (χ0) is 19.3. The van der Waals surface area contributed by atoms with Crippen molar-refractivity contribution in [2.24, 2.45) is 5.92 Å². The number of carbonyl (C=O) groups excluding carboxylic acids is 2. The molecular weight excluding hydrogens is 348 g/mol. The van der Waals surface area contributed by atoms with Gasteiger partial charge in [-0.3, -0.25) is 4.79 Å². The van der Waals surface area contributed by atoms with Crippen molar-refractivity contribution in [2.45, 2.75) is 65.3 Å². The molecule has 0 atom stereocenters. The summed E-state index contributed by atoms with van der Waals surface area (Å²) in [7, 11) is 0. The summed E-state index contributed by atoms with van der Waals surface area (Å²) < 4.78 is 0. The maximum Gasteiger partial charge on any atom is 0.317 e. The maximum absolute atomic E-state index is 12.2. The molecule has 146 valence electrons. The van der Waals surface area contributed by atoms with E-state index < -0.39 is 0 Å². The average molecular weight is 381 g/mol. The van der Waals surface area contributed by atoms with Crippen LogP contribution in [0.1, 0.15) is 64.1 Å². The lowest BCUT2D eigenvalue weighted by molar-refractivity contribution is -0.123. The molecule has 7 heteroatoms. The van der Waals surface area contributed by atoms with Crippen molar-refractivity contribution in [3.63, 3.8) is 0 Å². The number of nitrogens with zero attached hydrogens (tertiary/aromatic N) is 2. The van der Waals surface area contributed by atoms with Crippen molar-refractivity contribution in [3.8, 4) is 0 Å². The van der Waals surface area contributed by atoms with Gasteiger partial charge in [0.15, 0.2) is 0 Å². The highest BCUT2D eigenvalue weighted by molar-refractivity contribution is 7.09. The Bertz CT molecular complexity index is 613. The average Bonchev–Trinajstić information content (AvgIpc) is 3.02. The third kappa shape index (κ3) is 6.27. The highest BCUT2D eigenvalue weighted by Gasteiger charge is 2.27. The van der Waals surface area contributed by atoms with Gasteiger partial charge in [0.05, 0.1) is 10.7 Å². The van der Waals surface area contributed by atoms with Crippen LogP contribution in [0.15, 0.2) is 5.38 Å². The first-order valence-corrected chi connectivity index (χ1v) is 10.3. The molecule has 1 aliphatic heterocycles. The second kappa shape index (κ2) is 8.84. The molecule has 1 saturated heterocycles. The number of hydrogen-bond acceptors (Lipinski definition) is 4. The van der Waals surface area contributed by atoms with Crippen LogP contribution in [0.25, 0.3) is 0 Å². The number of likely N-dealkylation sites (tertiary alicyclic amines) is 1. The van der Waals surface area contributed by atoms with Crippen LogP contribution in [0.3, 0.4) is 0 Å². The molecule has 2 N–H and O–H groups in total. The van der Waals surface area contributed by atoms with E-state index in [0.29, 0.717) is 12.5 Å². The minimum Gasteiger partial charge on any atom is -0.355 e. The predicted molar refractivity (Wildman–Crippen MR) is 105 cm³/mol. The third-order valence-electron chi connectivity index (χ3n) is 4.39. The minimum atomic E-state index is -0.205. The molecule has 2 heterocycles. The molecule has 1 fully saturated rings. The van der Waals surface area contributed by atoms with Gasteiger partial charge in [-0.25, -0.2) is 9.78 Å². The standard InChI is InChI=1S/C19H32N4O2S/c1-13(2)16(24)20-9-6-15-12-26-17(21-15)14-7-10-23(11-8-14)18(25)22-19(3,4)5/h12-14H,6-11H2,1-5H3,(H,20,24)(H,22,25). The van der Waals surface area contributed by atoms with Crippen LogP contribution in [-0.4, -0.2) is 47.0 Å². The van der Waals surface area contributed by atoms with Crippen molar-refractivity contribution >= 4 is 23.3 Å². The van der Waals surface area contributed by atoms with E-state index in [9.17, 15) is 9.59 Å². The summed E-state index contributed by atoms with van der Waals surface area (Å²) in [5.41, 5.74) is 0.838. The molecule has 2 rings (SSSR count). The van der Waals surface area contributed by atoms with Crippen LogP contribution >= 0.6 is 11.3 Å². The van der Waals surface area contributed by atoms with Crippen molar-refractivity contribution in [2.75, 3.05) is 19.6 Å². The van der Waals surface area contributed by atoms with Crippen LogP contribution in [0.4, 0.5) is 4.79 Å². The van der Waals surface area contributed by atoms with Gasteiger partial charge in [0.1, 0.15) is 0 Å². The van der Waals surface area contributed by atoms with Crippen molar-refractivity contribution in [1.82, 2.24) is 20.5 Å². The van der Waals surface area contributed by atoms with Crippen LogP contribution in [0.5, 0.6) is 0 Å². The summed E-state index contributed by atoms with van der Waals surface area (Å²) in [5.74, 6) is 0.528. The van der Waals surface area contributed by atoms with Gasteiger partial charge in [0, 0.05) is 48.8 Å². The van der Waals surface area contributed by atoms with Crippen LogP contribution in [0, 0.1) is 5.92 Å². The fraction of sp³-hybridized carbons (Fsp3) is 0.737. The summed E-state index contributed by atoms with van der Waals surface area (Å²) in [6, 6.07) is 0.0247. The van der Waals surface area contributed by atoms with E-state index in [1.807, 2.05) is 39.5 Å². The smallest absolute Gasteiger partial charge is 0.317 e. The monoisotopic (exact) mass is 380 g/mol. The molecule has 0 aliphatic carbocycles. The van der Waals surface area contributed by atoms with E-state index >= 15 is 0 Å². The van der Waals surface area contributed by atoms with Crippen LogP contribution < -0.4 is 10.6 Å². The van der Waals surface area contributed by atoms with Gasteiger partial charge in [-0.15, -0.1) is 11.3 Å². The summed E-state index contributed by atoms with van der Waals surface area (Å²) in [4.78, 5) is 30.5. The molecule has 1 aliphatic rings. The number of nitrogens with one attached hydrogen (secondary N) is 2. The first-order chi connectivity index (χ1) is 12.2. The van der Waals surface area contributed by atoms with Gasteiger partial charge in [-0.05, 0) is 33.6 Å². The number of rotatable bonds is 5. The Balaban J connectivity index is 1.78. The molecule has 0 radical (unpaired) electrons. The highest BCUT2D eigenvalue weighted by Crippen LogP contribution is 2.30. The molecule has 0 aromatic carbocycles. The largest absolute Gasteiger partial charge is 0.355 e. The van der Waals surface area contributed by atoms with E-state index in [1.54, 1.807) is 11.3 Å². The minimum absolute atomic E-state index is 0.0154. The Morgan fingerprint density at radius 3 is 2.54 bits per heavy atom. The number of thiazole rings is 1. The topological polar surface area (TPSA) is 74.3 Å². The fourth-order valence-corrected chi connectivity index (χ4v) is 3.90. The number of amides is 3. The Kier molecular flexibility index (Phi) is 7.03. The van der Waals surface area contributed by atoms with Gasteiger partial charge in [-0.1, -0.05) is 13.8 Å². The van der Waals surface area contributed by atoms with Crippen LogP contribution in [0.2, 0.25) is 0 Å². The van der Waals surface area contributed by atoms with Gasteiger partial charge >= 0.3 is 6.03 Å². The van der Waals surface area contributed by atoms with E-state index in [4.69, 9.17) is 4.98 Å². The van der Waals surface area contributed by atoms with Gasteiger partial charge in [0.2, 0.25) is 5.91 Å². The summed E-state index contributed by atoms with van der Waals surface area (Å²) in [5, 5.41) is 9.21. The Morgan fingerprint density at radius 1 is 1.31 bits per heavy atom. The molecule has 26 heavy (non-hydrogen) atoms. The van der Waals surface area contributed by atoms with Crippen molar-refractivity contribution in [3.05, 3.63) is 16.1 Å². The van der Waals surface area contributed by atoms with Gasteiger partial charge in [0.25, 0.3) is 0 Å². The summed E-state index contributed by atoms with van der Waals surface area (Å²) >= 11 is 1.70. The predicted octanol–water partition coefficient (Wildman–Crippen LogP) is 3.15. The highest BCUT2D eigenvalue weighted by atomic mass is 32.1. The number of aromatic nitrogens is 1. The molecule has 0 bridgehead atoms. The lowest BCUT2D eigenvalue weighted by Gasteiger charge is -2.33.